The molecule has 1 fully saturated rings. The molecule has 1 aliphatic heterocycles. The minimum absolute atomic E-state index is 0.0931. The number of amides is 3. The lowest BCUT2D eigenvalue weighted by molar-refractivity contribution is 0.0351. The van der Waals surface area contributed by atoms with E-state index in [-0.39, 0.29) is 48.5 Å². The van der Waals surface area contributed by atoms with Crippen LogP contribution in [0, 0.1) is 5.92 Å². The fourth-order valence-corrected chi connectivity index (χ4v) is 4.73. The smallest absolute Gasteiger partial charge is 0.317 e. The fourth-order valence-electron chi connectivity index (χ4n) is 4.73. The topological polar surface area (TPSA) is 108 Å². The Bertz CT molecular complexity index is 1030. The van der Waals surface area contributed by atoms with Crippen LogP contribution < -0.4 is 10.1 Å². The monoisotopic (exact) mass is 481 g/mol. The van der Waals surface area contributed by atoms with Crippen molar-refractivity contribution in [2.45, 2.75) is 57.7 Å². The highest BCUT2D eigenvalue weighted by molar-refractivity contribution is 5.98. The Labute approximate surface area is 206 Å². The van der Waals surface area contributed by atoms with E-state index in [4.69, 9.17) is 4.74 Å². The molecule has 3 amide bonds. The standard InChI is InChI=1S/C26H35N5O4/c1-17-14-31(18(2)16-32)25(33)22-12-20(19-8-10-27-11-9-19)13-28-24(22)35-23(17)15-30(3)26(34)29-21-6-4-5-7-21/h8-13,17-18,21,23,32H,4-7,14-16H2,1-3H3,(H,29,34)/t17-,18+,23+/m1/s1. The van der Waals surface area contributed by atoms with Crippen molar-refractivity contribution in [3.05, 3.63) is 42.4 Å². The van der Waals surface area contributed by atoms with E-state index >= 15 is 0 Å². The maximum absolute atomic E-state index is 13.6. The molecule has 3 atom stereocenters. The molecular formula is C26H35N5O4. The minimum Gasteiger partial charge on any atom is -0.472 e. The number of carbonyl (C=O) groups excluding carboxylic acids is 2. The summed E-state index contributed by atoms with van der Waals surface area (Å²) in [6.07, 6.45) is 9.01. The van der Waals surface area contributed by atoms with Crippen molar-refractivity contribution in [2.24, 2.45) is 5.92 Å². The quantitative estimate of drug-likeness (QED) is 0.657. The molecule has 0 unspecified atom stereocenters. The SMILES string of the molecule is C[C@@H]1CN([C@@H](C)CO)C(=O)c2cc(-c3ccncc3)cnc2O[C@H]1CN(C)C(=O)NC1CCCC1. The van der Waals surface area contributed by atoms with Crippen LogP contribution in [-0.2, 0) is 0 Å². The van der Waals surface area contributed by atoms with Gasteiger partial charge in [0.15, 0.2) is 0 Å². The van der Waals surface area contributed by atoms with E-state index in [0.29, 0.717) is 18.7 Å². The Morgan fingerprint density at radius 3 is 2.69 bits per heavy atom. The molecule has 2 aromatic heterocycles. The lowest BCUT2D eigenvalue weighted by Crippen LogP contribution is -2.52. The van der Waals surface area contributed by atoms with Crippen molar-refractivity contribution in [1.82, 2.24) is 25.1 Å². The molecule has 35 heavy (non-hydrogen) atoms. The Balaban J connectivity index is 1.61. The summed E-state index contributed by atoms with van der Waals surface area (Å²) < 4.78 is 6.31. The van der Waals surface area contributed by atoms with Gasteiger partial charge in [0.05, 0.1) is 19.2 Å². The number of aliphatic hydroxyl groups is 1. The zero-order valence-corrected chi connectivity index (χ0v) is 20.7. The molecule has 4 rings (SSSR count). The van der Waals surface area contributed by atoms with E-state index in [1.165, 1.54) is 0 Å². The van der Waals surface area contributed by atoms with Crippen molar-refractivity contribution in [1.29, 1.82) is 0 Å². The number of urea groups is 1. The summed E-state index contributed by atoms with van der Waals surface area (Å²) in [5.41, 5.74) is 2.01. The maximum atomic E-state index is 13.6. The van der Waals surface area contributed by atoms with Gasteiger partial charge in [0.25, 0.3) is 5.91 Å². The highest BCUT2D eigenvalue weighted by Gasteiger charge is 2.35. The van der Waals surface area contributed by atoms with Gasteiger partial charge < -0.3 is 25.0 Å². The molecule has 1 aliphatic carbocycles. The highest BCUT2D eigenvalue weighted by Crippen LogP contribution is 2.30. The number of aromatic nitrogens is 2. The molecule has 3 heterocycles. The van der Waals surface area contributed by atoms with Crippen molar-refractivity contribution >= 4 is 11.9 Å². The number of nitrogens with one attached hydrogen (secondary N) is 1. The molecule has 0 bridgehead atoms. The Hall–Kier alpha value is -3.20. The number of ether oxygens (including phenoxy) is 1. The van der Waals surface area contributed by atoms with Crippen LogP contribution in [0.25, 0.3) is 11.1 Å². The molecule has 2 aliphatic rings. The first-order valence-corrected chi connectivity index (χ1v) is 12.4. The molecule has 0 aromatic carbocycles. The van der Waals surface area contributed by atoms with Gasteiger partial charge in [-0.3, -0.25) is 9.78 Å². The second-order valence-corrected chi connectivity index (χ2v) is 9.75. The average molecular weight is 482 g/mol. The Morgan fingerprint density at radius 1 is 1.29 bits per heavy atom. The molecule has 9 heteroatoms. The first-order valence-electron chi connectivity index (χ1n) is 12.4. The summed E-state index contributed by atoms with van der Waals surface area (Å²) in [6, 6.07) is 5.23. The third-order valence-corrected chi connectivity index (χ3v) is 7.02. The van der Waals surface area contributed by atoms with Gasteiger partial charge in [-0.1, -0.05) is 19.8 Å². The number of carbonyl (C=O) groups is 2. The summed E-state index contributed by atoms with van der Waals surface area (Å²) in [7, 11) is 1.76. The summed E-state index contributed by atoms with van der Waals surface area (Å²) in [5, 5.41) is 13.0. The third-order valence-electron chi connectivity index (χ3n) is 7.02. The second kappa shape index (κ2) is 11.0. The van der Waals surface area contributed by atoms with Gasteiger partial charge in [-0.2, -0.15) is 0 Å². The van der Waals surface area contributed by atoms with Crippen LogP contribution in [0.15, 0.2) is 36.8 Å². The summed E-state index contributed by atoms with van der Waals surface area (Å²) >= 11 is 0. The fraction of sp³-hybridized carbons (Fsp3) is 0.538. The van der Waals surface area contributed by atoms with Gasteiger partial charge in [0.2, 0.25) is 5.88 Å². The number of aliphatic hydroxyl groups excluding tert-OH is 1. The lowest BCUT2D eigenvalue weighted by Gasteiger charge is -2.37. The normalized spacial score (nSPS) is 21.5. The molecule has 2 N–H and O–H groups in total. The van der Waals surface area contributed by atoms with Gasteiger partial charge in [0.1, 0.15) is 11.7 Å². The van der Waals surface area contributed by atoms with Gasteiger partial charge >= 0.3 is 6.03 Å². The first-order chi connectivity index (χ1) is 16.9. The predicted molar refractivity (Wildman–Crippen MR) is 132 cm³/mol. The largest absolute Gasteiger partial charge is 0.472 e. The number of hydrogen-bond donors (Lipinski definition) is 2. The summed E-state index contributed by atoms with van der Waals surface area (Å²) in [5.74, 6) is -0.0869. The molecule has 0 radical (unpaired) electrons. The number of hydrogen-bond acceptors (Lipinski definition) is 6. The van der Waals surface area contributed by atoms with E-state index in [2.05, 4.69) is 15.3 Å². The zero-order chi connectivity index (χ0) is 24.9. The number of pyridine rings is 2. The van der Waals surface area contributed by atoms with Crippen LogP contribution >= 0.6 is 0 Å². The minimum atomic E-state index is -0.381. The van der Waals surface area contributed by atoms with Crippen LogP contribution in [0.1, 0.15) is 49.9 Å². The van der Waals surface area contributed by atoms with E-state index in [1.54, 1.807) is 41.5 Å². The number of fused-ring (bicyclic) bond motifs is 1. The number of likely N-dealkylation sites (N-methyl/N-ethyl adjacent to an activating group) is 1. The molecule has 0 spiro atoms. The van der Waals surface area contributed by atoms with Crippen LogP contribution in [0.3, 0.4) is 0 Å². The number of nitrogens with zero attached hydrogens (tertiary/aromatic N) is 4. The molecule has 1 saturated carbocycles. The molecular weight excluding hydrogens is 446 g/mol. The molecule has 0 saturated heterocycles. The molecule has 9 nitrogen and oxygen atoms in total. The summed E-state index contributed by atoms with van der Waals surface area (Å²) in [6.45, 7) is 4.41. The van der Waals surface area contributed by atoms with Crippen molar-refractivity contribution in [2.75, 3.05) is 26.7 Å². The van der Waals surface area contributed by atoms with E-state index < -0.39 is 0 Å². The van der Waals surface area contributed by atoms with E-state index in [1.807, 2.05) is 26.0 Å². The number of rotatable bonds is 6. The van der Waals surface area contributed by atoms with Crippen LogP contribution in [-0.4, -0.2) is 81.7 Å². The van der Waals surface area contributed by atoms with Gasteiger partial charge in [-0.05, 0) is 43.5 Å². The predicted octanol–water partition coefficient (Wildman–Crippen LogP) is 2.95. The van der Waals surface area contributed by atoms with E-state index in [9.17, 15) is 14.7 Å². The van der Waals surface area contributed by atoms with Gasteiger partial charge in [0, 0.05) is 49.7 Å². The van der Waals surface area contributed by atoms with Gasteiger partial charge in [-0.25, -0.2) is 9.78 Å². The van der Waals surface area contributed by atoms with Crippen molar-refractivity contribution in [3.63, 3.8) is 0 Å². The Morgan fingerprint density at radius 2 is 2.00 bits per heavy atom. The van der Waals surface area contributed by atoms with E-state index in [0.717, 1.165) is 36.8 Å². The van der Waals surface area contributed by atoms with Crippen molar-refractivity contribution in [3.8, 4) is 17.0 Å². The lowest BCUT2D eigenvalue weighted by atomic mass is 9.99. The van der Waals surface area contributed by atoms with Crippen LogP contribution in [0.5, 0.6) is 5.88 Å². The van der Waals surface area contributed by atoms with Gasteiger partial charge in [-0.15, -0.1) is 0 Å². The Kier molecular flexibility index (Phi) is 7.85. The zero-order valence-electron chi connectivity index (χ0n) is 20.7. The molecule has 188 valence electrons. The van der Waals surface area contributed by atoms with Crippen LogP contribution in [0.2, 0.25) is 0 Å². The first kappa shape index (κ1) is 24.9. The highest BCUT2D eigenvalue weighted by atomic mass is 16.5. The summed E-state index contributed by atoms with van der Waals surface area (Å²) in [4.78, 5) is 38.2. The van der Waals surface area contributed by atoms with Crippen molar-refractivity contribution < 1.29 is 19.4 Å². The van der Waals surface area contributed by atoms with Crippen LogP contribution in [0.4, 0.5) is 4.79 Å². The molecule has 2 aromatic rings. The third kappa shape index (κ3) is 5.73. The second-order valence-electron chi connectivity index (χ2n) is 9.75. The average Bonchev–Trinajstić information content (AvgIpc) is 3.39. The maximum Gasteiger partial charge on any atom is 0.317 e.